The zero-order valence-electron chi connectivity index (χ0n) is 16.5. The molecule has 1 atom stereocenters. The number of fused-ring (bicyclic) bond motifs is 1. The third-order valence-electron chi connectivity index (χ3n) is 4.20. The summed E-state index contributed by atoms with van der Waals surface area (Å²) in [6, 6.07) is 9.44. The maximum absolute atomic E-state index is 12.4. The van der Waals surface area contributed by atoms with Crippen LogP contribution in [0, 0.1) is 0 Å². The number of aromatic nitrogens is 4. The van der Waals surface area contributed by atoms with Crippen LogP contribution in [0.5, 0.6) is 0 Å². The van der Waals surface area contributed by atoms with Gasteiger partial charge in [0.2, 0.25) is 5.95 Å². The molecule has 0 saturated carbocycles. The van der Waals surface area contributed by atoms with Gasteiger partial charge in [0.25, 0.3) is 5.56 Å². The molecular weight excluding hydrogens is 376 g/mol. The number of hydrazone groups is 1. The van der Waals surface area contributed by atoms with E-state index in [4.69, 9.17) is 4.74 Å². The maximum Gasteiger partial charge on any atom is 0.329 e. The number of nitrogens with zero attached hydrogens (tertiary/aromatic N) is 4. The van der Waals surface area contributed by atoms with Crippen molar-refractivity contribution < 1.29 is 9.84 Å². The number of aromatic amines is 1. The van der Waals surface area contributed by atoms with Gasteiger partial charge in [0.05, 0.1) is 31.6 Å². The molecule has 2 aromatic heterocycles. The first-order valence-electron chi connectivity index (χ1n) is 9.20. The van der Waals surface area contributed by atoms with Crippen molar-refractivity contribution in [3.05, 3.63) is 56.7 Å². The molecule has 0 amide bonds. The minimum atomic E-state index is -0.884. The van der Waals surface area contributed by atoms with Crippen LogP contribution in [-0.4, -0.2) is 49.2 Å². The number of aliphatic hydroxyl groups excluding tert-OH is 1. The van der Waals surface area contributed by atoms with Crippen molar-refractivity contribution in [3.63, 3.8) is 0 Å². The lowest BCUT2D eigenvalue weighted by Gasteiger charge is -2.15. The van der Waals surface area contributed by atoms with Gasteiger partial charge in [-0.2, -0.15) is 10.1 Å². The number of nitrogens with one attached hydrogen (secondary N) is 2. The van der Waals surface area contributed by atoms with Crippen molar-refractivity contribution in [3.8, 4) is 0 Å². The Morgan fingerprint density at radius 1 is 1.31 bits per heavy atom. The second-order valence-corrected chi connectivity index (χ2v) is 6.85. The first-order valence-corrected chi connectivity index (χ1v) is 9.20. The van der Waals surface area contributed by atoms with Gasteiger partial charge in [0.15, 0.2) is 11.2 Å². The summed E-state index contributed by atoms with van der Waals surface area (Å²) < 4.78 is 8.16. The zero-order valence-corrected chi connectivity index (χ0v) is 16.5. The molecule has 0 fully saturated rings. The SMILES string of the molecule is CC(C)OCC(O)Cn1c(N/N=C\c2ccccc2)nc2c1c(=O)[nH]c(=O)n2C. The average Bonchev–Trinajstić information content (AvgIpc) is 3.04. The number of benzene rings is 1. The highest BCUT2D eigenvalue weighted by Gasteiger charge is 2.19. The predicted molar refractivity (Wildman–Crippen MR) is 110 cm³/mol. The predicted octanol–water partition coefficient (Wildman–Crippen LogP) is 0.655. The molecule has 0 aliphatic heterocycles. The van der Waals surface area contributed by atoms with Crippen LogP contribution in [0.4, 0.5) is 5.95 Å². The van der Waals surface area contributed by atoms with Gasteiger partial charge in [0, 0.05) is 7.05 Å². The molecule has 3 N–H and O–H groups in total. The van der Waals surface area contributed by atoms with E-state index >= 15 is 0 Å². The highest BCUT2D eigenvalue weighted by atomic mass is 16.5. The molecule has 3 rings (SSSR count). The van der Waals surface area contributed by atoms with Crippen LogP contribution >= 0.6 is 0 Å². The highest BCUT2D eigenvalue weighted by molar-refractivity contribution is 5.80. The lowest BCUT2D eigenvalue weighted by atomic mass is 10.2. The number of aliphatic hydroxyl groups is 1. The van der Waals surface area contributed by atoms with Gasteiger partial charge in [-0.15, -0.1) is 0 Å². The summed E-state index contributed by atoms with van der Waals surface area (Å²) in [5.74, 6) is 0.225. The summed E-state index contributed by atoms with van der Waals surface area (Å²) in [6.45, 7) is 3.86. The molecule has 0 aliphatic rings. The fourth-order valence-corrected chi connectivity index (χ4v) is 2.77. The van der Waals surface area contributed by atoms with Gasteiger partial charge in [0.1, 0.15) is 0 Å². The number of hydrogen-bond donors (Lipinski definition) is 3. The Balaban J connectivity index is 1.97. The van der Waals surface area contributed by atoms with Crippen LogP contribution in [0.3, 0.4) is 0 Å². The summed E-state index contributed by atoms with van der Waals surface area (Å²) in [5.41, 5.74) is 2.85. The van der Waals surface area contributed by atoms with Crippen LogP contribution in [0.15, 0.2) is 45.0 Å². The minimum absolute atomic E-state index is 0.0354. The molecule has 0 saturated heterocycles. The summed E-state index contributed by atoms with van der Waals surface area (Å²) in [7, 11) is 1.51. The molecule has 1 aromatic carbocycles. The Hall–Kier alpha value is -3.24. The van der Waals surface area contributed by atoms with E-state index in [1.54, 1.807) is 6.21 Å². The van der Waals surface area contributed by atoms with E-state index in [0.29, 0.717) is 0 Å². The fraction of sp³-hybridized carbons (Fsp3) is 0.368. The number of H-pyrrole nitrogens is 1. The molecule has 2 heterocycles. The van der Waals surface area contributed by atoms with Crippen molar-refractivity contribution in [1.29, 1.82) is 0 Å². The lowest BCUT2D eigenvalue weighted by Crippen LogP contribution is -2.30. The zero-order chi connectivity index (χ0) is 21.0. The Bertz CT molecular complexity index is 1110. The van der Waals surface area contributed by atoms with E-state index in [1.165, 1.54) is 16.2 Å². The molecule has 0 aliphatic carbocycles. The summed E-state index contributed by atoms with van der Waals surface area (Å²) in [6.07, 6.45) is 0.678. The first-order chi connectivity index (χ1) is 13.9. The first kappa shape index (κ1) is 20.5. The monoisotopic (exact) mass is 400 g/mol. The lowest BCUT2D eigenvalue weighted by molar-refractivity contribution is -0.000105. The summed E-state index contributed by atoms with van der Waals surface area (Å²) in [5, 5.41) is 14.5. The van der Waals surface area contributed by atoms with E-state index in [2.05, 4.69) is 20.5 Å². The molecule has 10 nitrogen and oxygen atoms in total. The number of anilines is 1. The molecule has 0 spiro atoms. The quantitative estimate of drug-likeness (QED) is 0.377. The van der Waals surface area contributed by atoms with Gasteiger partial charge >= 0.3 is 5.69 Å². The number of ether oxygens (including phenoxy) is 1. The van der Waals surface area contributed by atoms with Crippen LogP contribution in [-0.2, 0) is 18.3 Å². The molecule has 29 heavy (non-hydrogen) atoms. The fourth-order valence-electron chi connectivity index (χ4n) is 2.77. The summed E-state index contributed by atoms with van der Waals surface area (Å²) in [4.78, 5) is 30.9. The van der Waals surface area contributed by atoms with E-state index in [0.717, 1.165) is 5.56 Å². The van der Waals surface area contributed by atoms with Crippen molar-refractivity contribution >= 4 is 23.3 Å². The molecule has 0 bridgehead atoms. The van der Waals surface area contributed by atoms with Crippen molar-refractivity contribution in [1.82, 2.24) is 19.1 Å². The van der Waals surface area contributed by atoms with E-state index in [1.807, 2.05) is 44.2 Å². The molecule has 3 aromatic rings. The van der Waals surface area contributed by atoms with Gasteiger partial charge in [-0.05, 0) is 19.4 Å². The third kappa shape index (κ3) is 4.79. The smallest absolute Gasteiger partial charge is 0.329 e. The van der Waals surface area contributed by atoms with Gasteiger partial charge < -0.3 is 14.4 Å². The van der Waals surface area contributed by atoms with Crippen LogP contribution < -0.4 is 16.7 Å². The van der Waals surface area contributed by atoms with Gasteiger partial charge in [-0.3, -0.25) is 14.3 Å². The van der Waals surface area contributed by atoms with Crippen molar-refractivity contribution in [2.45, 2.75) is 32.6 Å². The van der Waals surface area contributed by atoms with E-state index in [9.17, 15) is 14.7 Å². The molecule has 154 valence electrons. The van der Waals surface area contributed by atoms with Gasteiger partial charge in [-0.25, -0.2) is 10.2 Å². The maximum atomic E-state index is 12.4. The van der Waals surface area contributed by atoms with Gasteiger partial charge in [-0.1, -0.05) is 30.3 Å². The average molecular weight is 400 g/mol. The van der Waals surface area contributed by atoms with Crippen LogP contribution in [0.1, 0.15) is 19.4 Å². The Labute approximate surface area is 166 Å². The number of hydrogen-bond acceptors (Lipinski definition) is 7. The summed E-state index contributed by atoms with van der Waals surface area (Å²) >= 11 is 0. The Kier molecular flexibility index (Phi) is 6.25. The number of rotatable bonds is 8. The van der Waals surface area contributed by atoms with E-state index in [-0.39, 0.29) is 36.4 Å². The van der Waals surface area contributed by atoms with Crippen molar-refractivity contribution in [2.24, 2.45) is 12.1 Å². The number of aryl methyl sites for hydroxylation is 1. The molecule has 10 heteroatoms. The standard InChI is InChI=1S/C19H24N6O4/c1-12(2)29-11-14(26)10-25-15-16(24(3)19(28)22-17(15)27)21-18(25)23-20-9-13-7-5-4-6-8-13/h4-9,12,14,26H,10-11H2,1-3H3,(H,21,23)(H,22,27,28)/b20-9-. The van der Waals surface area contributed by atoms with Crippen LogP contribution in [0.2, 0.25) is 0 Å². The minimum Gasteiger partial charge on any atom is -0.389 e. The third-order valence-corrected chi connectivity index (χ3v) is 4.20. The van der Waals surface area contributed by atoms with Crippen molar-refractivity contribution in [2.75, 3.05) is 12.0 Å². The molecule has 1 unspecified atom stereocenters. The Morgan fingerprint density at radius 2 is 2.03 bits per heavy atom. The molecule has 0 radical (unpaired) electrons. The Morgan fingerprint density at radius 3 is 2.72 bits per heavy atom. The number of imidazole rings is 1. The largest absolute Gasteiger partial charge is 0.389 e. The second-order valence-electron chi connectivity index (χ2n) is 6.85. The van der Waals surface area contributed by atoms with E-state index < -0.39 is 17.4 Å². The molecular formula is C19H24N6O4. The normalized spacial score (nSPS) is 12.9. The topological polar surface area (TPSA) is 127 Å². The second kappa shape index (κ2) is 8.84. The highest BCUT2D eigenvalue weighted by Crippen LogP contribution is 2.16. The van der Waals surface area contributed by atoms with Crippen LogP contribution in [0.25, 0.3) is 11.2 Å².